The van der Waals surface area contributed by atoms with Crippen LogP contribution in [0.5, 0.6) is 0 Å². The zero-order valence-corrected chi connectivity index (χ0v) is 19.1. The fourth-order valence-electron chi connectivity index (χ4n) is 3.76. The average Bonchev–Trinajstić information content (AvgIpc) is 2.73. The Morgan fingerprint density at radius 3 is 1.66 bits per heavy atom. The number of rotatable bonds is 7. The minimum absolute atomic E-state index is 0.0548. The molecule has 1 aromatic rings. The van der Waals surface area contributed by atoms with E-state index in [0.29, 0.717) is 10.6 Å². The number of carbonyl (C=O) groups excluding carboxylic acids is 4. The molecule has 2 aliphatic heterocycles. The molecule has 2 atom stereocenters. The van der Waals surface area contributed by atoms with Crippen LogP contribution < -0.4 is 10.6 Å². The highest BCUT2D eigenvalue weighted by atomic mass is 35.5. The number of halogens is 1. The molecule has 166 valence electrons. The molecular formula is C21H19ClN4O4S2. The van der Waals surface area contributed by atoms with Crippen molar-refractivity contribution in [1.82, 2.24) is 20.4 Å². The molecule has 2 fully saturated rings. The number of benzene rings is 1. The van der Waals surface area contributed by atoms with Crippen molar-refractivity contribution in [3.63, 3.8) is 0 Å². The van der Waals surface area contributed by atoms with Gasteiger partial charge >= 0.3 is 0 Å². The Bertz CT molecular complexity index is 983. The Balaban J connectivity index is 2.15. The molecule has 0 unspecified atom stereocenters. The van der Waals surface area contributed by atoms with Crippen molar-refractivity contribution >= 4 is 69.9 Å². The summed E-state index contributed by atoms with van der Waals surface area (Å²) in [5.41, 5.74) is 0.411. The van der Waals surface area contributed by atoms with Gasteiger partial charge < -0.3 is 10.6 Å². The third-order valence-electron chi connectivity index (χ3n) is 5.18. The fraction of sp³-hybridized carbons (Fsp3) is 0.238. The third kappa shape index (κ3) is 4.34. The van der Waals surface area contributed by atoms with E-state index in [-0.39, 0.29) is 23.3 Å². The average molecular weight is 491 g/mol. The van der Waals surface area contributed by atoms with Crippen LogP contribution in [0.2, 0.25) is 5.02 Å². The normalized spacial score (nSPS) is 21.6. The van der Waals surface area contributed by atoms with E-state index in [9.17, 15) is 19.2 Å². The number of hydrogen-bond acceptors (Lipinski definition) is 6. The minimum Gasteiger partial charge on any atom is -0.302 e. The Morgan fingerprint density at radius 2 is 1.28 bits per heavy atom. The van der Waals surface area contributed by atoms with Crippen LogP contribution >= 0.6 is 36.0 Å². The highest BCUT2D eigenvalue weighted by molar-refractivity contribution is 7.80. The van der Waals surface area contributed by atoms with E-state index in [1.54, 1.807) is 24.3 Å². The number of nitrogens with one attached hydrogen (secondary N) is 2. The van der Waals surface area contributed by atoms with Gasteiger partial charge in [0.2, 0.25) is 23.6 Å². The van der Waals surface area contributed by atoms with Crippen molar-refractivity contribution in [1.29, 1.82) is 0 Å². The summed E-state index contributed by atoms with van der Waals surface area (Å²) in [6.45, 7) is 7.32. The SMILES string of the molecule is C=CCN1C(=O)[C@H](C(c2ccc(Cl)cc2)[C@@H]2C(=O)NC(=S)N(CC=C)C2=O)C(=O)NC1=S. The van der Waals surface area contributed by atoms with Crippen molar-refractivity contribution in [2.75, 3.05) is 13.1 Å². The van der Waals surface area contributed by atoms with Gasteiger partial charge in [-0.25, -0.2) is 0 Å². The van der Waals surface area contributed by atoms with E-state index in [1.165, 1.54) is 22.0 Å². The summed E-state index contributed by atoms with van der Waals surface area (Å²) in [5.74, 6) is -6.63. The number of hydrogen-bond donors (Lipinski definition) is 2. The van der Waals surface area contributed by atoms with E-state index < -0.39 is 41.4 Å². The largest absolute Gasteiger partial charge is 0.302 e. The molecule has 8 nitrogen and oxygen atoms in total. The Hall–Kier alpha value is -2.95. The van der Waals surface area contributed by atoms with Gasteiger partial charge in [-0.15, -0.1) is 13.2 Å². The summed E-state index contributed by atoms with van der Waals surface area (Å²) >= 11 is 16.2. The van der Waals surface area contributed by atoms with Gasteiger partial charge in [-0.05, 0) is 42.1 Å². The maximum absolute atomic E-state index is 13.4. The first-order chi connectivity index (χ1) is 15.2. The summed E-state index contributed by atoms with van der Waals surface area (Å²) < 4.78 is 0. The number of amides is 4. The highest BCUT2D eigenvalue weighted by Gasteiger charge is 2.52. The predicted octanol–water partition coefficient (Wildman–Crippen LogP) is 1.51. The predicted molar refractivity (Wildman–Crippen MR) is 126 cm³/mol. The van der Waals surface area contributed by atoms with Gasteiger partial charge in [0, 0.05) is 24.0 Å². The maximum Gasteiger partial charge on any atom is 0.242 e. The molecular weight excluding hydrogens is 472 g/mol. The van der Waals surface area contributed by atoms with Gasteiger partial charge in [-0.2, -0.15) is 0 Å². The lowest BCUT2D eigenvalue weighted by Crippen LogP contribution is -2.64. The van der Waals surface area contributed by atoms with E-state index >= 15 is 0 Å². The molecule has 2 heterocycles. The first-order valence-corrected chi connectivity index (χ1v) is 10.7. The second-order valence-corrected chi connectivity index (χ2v) is 8.31. The summed E-state index contributed by atoms with van der Waals surface area (Å²) in [5, 5.41) is 5.26. The summed E-state index contributed by atoms with van der Waals surface area (Å²) in [6, 6.07) is 6.25. The molecule has 32 heavy (non-hydrogen) atoms. The van der Waals surface area contributed by atoms with Crippen molar-refractivity contribution in [3.8, 4) is 0 Å². The molecule has 3 rings (SSSR count). The summed E-state index contributed by atoms with van der Waals surface area (Å²) in [7, 11) is 0. The van der Waals surface area contributed by atoms with Crippen molar-refractivity contribution in [3.05, 3.63) is 60.2 Å². The lowest BCUT2D eigenvalue weighted by atomic mass is 9.73. The highest BCUT2D eigenvalue weighted by Crippen LogP contribution is 2.38. The Labute approximate surface area is 200 Å². The van der Waals surface area contributed by atoms with Crippen molar-refractivity contribution < 1.29 is 19.2 Å². The fourth-order valence-corrected chi connectivity index (χ4v) is 4.42. The monoisotopic (exact) mass is 490 g/mol. The molecule has 11 heteroatoms. The topological polar surface area (TPSA) is 98.8 Å². The van der Waals surface area contributed by atoms with Gasteiger partial charge in [0.25, 0.3) is 0 Å². The van der Waals surface area contributed by atoms with Crippen LogP contribution in [0, 0.1) is 11.8 Å². The zero-order chi connectivity index (χ0) is 23.6. The molecule has 0 bridgehead atoms. The maximum atomic E-state index is 13.4. The molecule has 0 aliphatic carbocycles. The minimum atomic E-state index is -1.40. The van der Waals surface area contributed by atoms with Gasteiger partial charge in [-0.1, -0.05) is 35.9 Å². The van der Waals surface area contributed by atoms with E-state index in [2.05, 4.69) is 23.8 Å². The molecule has 1 aromatic carbocycles. The number of carbonyl (C=O) groups is 4. The van der Waals surface area contributed by atoms with Crippen molar-refractivity contribution in [2.24, 2.45) is 11.8 Å². The molecule has 0 radical (unpaired) electrons. The molecule has 4 amide bonds. The van der Waals surface area contributed by atoms with E-state index in [0.717, 1.165) is 0 Å². The van der Waals surface area contributed by atoms with Gasteiger partial charge in [0.1, 0.15) is 11.8 Å². The number of thiocarbonyl (C=S) groups is 2. The van der Waals surface area contributed by atoms with Crippen LogP contribution in [-0.2, 0) is 19.2 Å². The van der Waals surface area contributed by atoms with E-state index in [4.69, 9.17) is 36.0 Å². The Kier molecular flexibility index (Phi) is 7.17. The van der Waals surface area contributed by atoms with Gasteiger partial charge in [0.05, 0.1) is 0 Å². The lowest BCUT2D eigenvalue weighted by molar-refractivity contribution is -0.147. The standard InChI is InChI=1S/C21H19ClN4O4S2/c1-3-9-25-18(29)14(16(27)23-20(25)31)13(11-5-7-12(22)8-6-11)15-17(28)24-21(32)26(10-4-2)19(15)30/h3-8,13-15H,1-2,9-10H2,(H,23,27,31)(H,24,28,32)/t14-,15-/m1/s1. The molecule has 0 saturated carbocycles. The summed E-state index contributed by atoms with van der Waals surface area (Å²) in [6.07, 6.45) is 2.91. The van der Waals surface area contributed by atoms with Gasteiger partial charge in [-0.3, -0.25) is 29.0 Å². The second kappa shape index (κ2) is 9.68. The van der Waals surface area contributed by atoms with Crippen LogP contribution in [0.1, 0.15) is 11.5 Å². The smallest absolute Gasteiger partial charge is 0.242 e. The third-order valence-corrected chi connectivity index (χ3v) is 6.07. The molecule has 2 N–H and O–H groups in total. The lowest BCUT2D eigenvalue weighted by Gasteiger charge is -2.40. The number of nitrogens with zero attached hydrogens (tertiary/aromatic N) is 2. The molecule has 0 aromatic heterocycles. The first kappa shape index (κ1) is 23.7. The molecule has 2 aliphatic rings. The molecule has 2 saturated heterocycles. The van der Waals surface area contributed by atoms with Crippen LogP contribution in [0.25, 0.3) is 0 Å². The van der Waals surface area contributed by atoms with Gasteiger partial charge in [0.15, 0.2) is 10.2 Å². The van der Waals surface area contributed by atoms with E-state index in [1.807, 2.05) is 0 Å². The van der Waals surface area contributed by atoms with Crippen LogP contribution in [0.3, 0.4) is 0 Å². The summed E-state index contributed by atoms with van der Waals surface area (Å²) in [4.78, 5) is 55.0. The van der Waals surface area contributed by atoms with Crippen LogP contribution in [0.4, 0.5) is 0 Å². The second-order valence-electron chi connectivity index (χ2n) is 7.10. The van der Waals surface area contributed by atoms with Crippen LogP contribution in [-0.4, -0.2) is 56.7 Å². The zero-order valence-electron chi connectivity index (χ0n) is 16.7. The quantitative estimate of drug-likeness (QED) is 0.341. The van der Waals surface area contributed by atoms with Crippen LogP contribution in [0.15, 0.2) is 49.6 Å². The Morgan fingerprint density at radius 1 is 0.875 bits per heavy atom. The van der Waals surface area contributed by atoms with Crippen molar-refractivity contribution in [2.45, 2.75) is 5.92 Å². The first-order valence-electron chi connectivity index (χ1n) is 9.51. The molecule has 0 spiro atoms.